The van der Waals surface area contributed by atoms with Crippen LogP contribution >= 0.6 is 0 Å². The maximum Gasteiger partial charge on any atom is 0.0270 e. The number of benzene rings is 1. The molecule has 1 aromatic heterocycles. The number of hydrogen-bond donors (Lipinski definition) is 0. The van der Waals surface area contributed by atoms with Crippen LogP contribution in [0.2, 0.25) is 0 Å². The van der Waals surface area contributed by atoms with Crippen molar-refractivity contribution in [2.45, 2.75) is 59.3 Å². The molecule has 0 fully saturated rings. The Kier molecular flexibility index (Phi) is 8.04. The molecule has 1 nitrogen and oxygen atoms in total. The fraction of sp³-hybridized carbons (Fsp3) is 0.393. The number of hydrogen-bond acceptors (Lipinski definition) is 1. The van der Waals surface area contributed by atoms with Gasteiger partial charge in [0.25, 0.3) is 0 Å². The molecule has 1 aliphatic carbocycles. The highest BCUT2D eigenvalue weighted by Gasteiger charge is 2.25. The first-order chi connectivity index (χ1) is 14.2. The van der Waals surface area contributed by atoms with Gasteiger partial charge in [-0.3, -0.25) is 4.98 Å². The summed E-state index contributed by atoms with van der Waals surface area (Å²) in [6.07, 6.45) is 20.1. The first kappa shape index (κ1) is 21.3. The minimum absolute atomic E-state index is 0.580. The van der Waals surface area contributed by atoms with Gasteiger partial charge in [0, 0.05) is 12.4 Å². The van der Waals surface area contributed by atoms with Crippen LogP contribution in [0.15, 0.2) is 84.2 Å². The molecule has 29 heavy (non-hydrogen) atoms. The Bertz CT molecular complexity index is 857. The summed E-state index contributed by atoms with van der Waals surface area (Å²) in [4.78, 5) is 4.14. The van der Waals surface area contributed by atoms with Gasteiger partial charge in [0.15, 0.2) is 0 Å². The molecule has 0 saturated carbocycles. The summed E-state index contributed by atoms with van der Waals surface area (Å²) >= 11 is 0. The average molecular weight is 386 g/mol. The zero-order valence-corrected chi connectivity index (χ0v) is 18.3. The lowest BCUT2D eigenvalue weighted by molar-refractivity contribution is 0.400. The lowest BCUT2D eigenvalue weighted by atomic mass is 9.81. The van der Waals surface area contributed by atoms with Gasteiger partial charge in [0.05, 0.1) is 0 Å². The highest BCUT2D eigenvalue weighted by Crippen LogP contribution is 2.35. The van der Waals surface area contributed by atoms with Crippen molar-refractivity contribution < 1.29 is 0 Å². The quantitative estimate of drug-likeness (QED) is 0.360. The number of allylic oxidation sites excluding steroid dienone is 6. The van der Waals surface area contributed by atoms with Crippen molar-refractivity contribution >= 4 is 0 Å². The van der Waals surface area contributed by atoms with E-state index in [1.165, 1.54) is 41.5 Å². The molecule has 0 N–H and O–H groups in total. The Balaban J connectivity index is 1.90. The van der Waals surface area contributed by atoms with Crippen LogP contribution in [0.3, 0.4) is 0 Å². The van der Waals surface area contributed by atoms with Crippen molar-refractivity contribution in [1.82, 2.24) is 4.98 Å². The van der Waals surface area contributed by atoms with Gasteiger partial charge in [-0.2, -0.15) is 0 Å². The third-order valence-electron chi connectivity index (χ3n) is 6.14. The van der Waals surface area contributed by atoms with E-state index in [0.717, 1.165) is 19.3 Å². The first-order valence-electron chi connectivity index (χ1n) is 11.2. The SMILES string of the molecule is CC=CC(=CC(=CCc1ccncc1)CCC)C1Cc2ccccc2CCC1C. The molecule has 2 aromatic rings. The molecule has 0 amide bonds. The first-order valence-corrected chi connectivity index (χ1v) is 11.2. The third kappa shape index (κ3) is 6.03. The molecule has 0 aliphatic heterocycles. The fourth-order valence-electron chi connectivity index (χ4n) is 4.44. The molecule has 3 rings (SSSR count). The second-order valence-electron chi connectivity index (χ2n) is 8.33. The number of aromatic nitrogens is 1. The van der Waals surface area contributed by atoms with Crippen molar-refractivity contribution in [2.75, 3.05) is 0 Å². The number of rotatable bonds is 7. The molecule has 152 valence electrons. The van der Waals surface area contributed by atoms with E-state index < -0.39 is 0 Å². The van der Waals surface area contributed by atoms with Crippen molar-refractivity contribution in [1.29, 1.82) is 0 Å². The molecule has 1 aliphatic rings. The average Bonchev–Trinajstić information content (AvgIpc) is 2.91. The highest BCUT2D eigenvalue weighted by atomic mass is 14.6. The standard InChI is InChI=1S/C28H35N/c1-4-8-24(14-13-23-16-18-29-19-17-23)20-27(9-5-2)28-21-26-11-7-6-10-25(26)15-12-22(28)3/h5-7,9-11,14,16-20,22,28H,4,8,12-13,15,21H2,1-3H3. The summed E-state index contributed by atoms with van der Waals surface area (Å²) in [5.41, 5.74) is 7.36. The molecule has 1 heterocycles. The van der Waals surface area contributed by atoms with Gasteiger partial charge >= 0.3 is 0 Å². The predicted octanol–water partition coefficient (Wildman–Crippen LogP) is 7.29. The van der Waals surface area contributed by atoms with E-state index >= 15 is 0 Å². The van der Waals surface area contributed by atoms with E-state index in [0.29, 0.717) is 11.8 Å². The van der Waals surface area contributed by atoms with E-state index in [2.05, 4.69) is 86.5 Å². The van der Waals surface area contributed by atoms with E-state index in [1.807, 2.05) is 12.4 Å². The largest absolute Gasteiger partial charge is 0.265 e. The van der Waals surface area contributed by atoms with Gasteiger partial charge in [0.1, 0.15) is 0 Å². The second-order valence-corrected chi connectivity index (χ2v) is 8.33. The maximum atomic E-state index is 4.14. The van der Waals surface area contributed by atoms with Crippen LogP contribution in [0.4, 0.5) is 0 Å². The summed E-state index contributed by atoms with van der Waals surface area (Å²) in [5.74, 6) is 1.27. The van der Waals surface area contributed by atoms with Gasteiger partial charge in [-0.25, -0.2) is 0 Å². The van der Waals surface area contributed by atoms with Gasteiger partial charge < -0.3 is 0 Å². The Hall–Kier alpha value is -2.41. The molecule has 1 heteroatoms. The van der Waals surface area contributed by atoms with E-state index in [1.54, 1.807) is 5.56 Å². The minimum Gasteiger partial charge on any atom is -0.265 e. The van der Waals surface area contributed by atoms with Crippen LogP contribution in [0.25, 0.3) is 0 Å². The summed E-state index contributed by atoms with van der Waals surface area (Å²) in [6.45, 7) is 6.85. The number of fused-ring (bicyclic) bond motifs is 1. The number of aryl methyl sites for hydroxylation is 1. The lowest BCUT2D eigenvalue weighted by Gasteiger charge is -2.24. The van der Waals surface area contributed by atoms with Crippen LogP contribution in [-0.4, -0.2) is 4.98 Å². The zero-order valence-electron chi connectivity index (χ0n) is 18.3. The van der Waals surface area contributed by atoms with Gasteiger partial charge in [-0.05, 0) is 85.3 Å². The van der Waals surface area contributed by atoms with Crippen LogP contribution in [0, 0.1) is 11.8 Å². The van der Waals surface area contributed by atoms with E-state index in [4.69, 9.17) is 0 Å². The van der Waals surface area contributed by atoms with E-state index in [-0.39, 0.29) is 0 Å². The van der Waals surface area contributed by atoms with Crippen molar-refractivity contribution in [3.8, 4) is 0 Å². The van der Waals surface area contributed by atoms with Gasteiger partial charge in [-0.15, -0.1) is 0 Å². The minimum atomic E-state index is 0.580. The molecule has 2 unspecified atom stereocenters. The Morgan fingerprint density at radius 2 is 1.86 bits per heavy atom. The monoisotopic (exact) mass is 385 g/mol. The van der Waals surface area contributed by atoms with Gasteiger partial charge in [-0.1, -0.05) is 74.4 Å². The molecular formula is C28H35N. The van der Waals surface area contributed by atoms with Crippen LogP contribution < -0.4 is 0 Å². The summed E-state index contributed by atoms with van der Waals surface area (Å²) in [7, 11) is 0. The van der Waals surface area contributed by atoms with E-state index in [9.17, 15) is 0 Å². The molecule has 0 spiro atoms. The van der Waals surface area contributed by atoms with Crippen molar-refractivity contribution in [3.63, 3.8) is 0 Å². The molecule has 1 aromatic carbocycles. The molecular weight excluding hydrogens is 350 g/mol. The molecule has 0 saturated heterocycles. The lowest BCUT2D eigenvalue weighted by Crippen LogP contribution is -2.15. The highest BCUT2D eigenvalue weighted by molar-refractivity contribution is 5.37. The summed E-state index contributed by atoms with van der Waals surface area (Å²) < 4.78 is 0. The van der Waals surface area contributed by atoms with Crippen molar-refractivity contribution in [3.05, 3.63) is 101 Å². The second kappa shape index (κ2) is 11.0. The van der Waals surface area contributed by atoms with Crippen LogP contribution in [0.5, 0.6) is 0 Å². The van der Waals surface area contributed by atoms with Crippen molar-refractivity contribution in [2.24, 2.45) is 11.8 Å². The van der Waals surface area contributed by atoms with Crippen LogP contribution in [0.1, 0.15) is 56.7 Å². The predicted molar refractivity (Wildman–Crippen MR) is 125 cm³/mol. The Morgan fingerprint density at radius 3 is 2.59 bits per heavy atom. The van der Waals surface area contributed by atoms with Crippen LogP contribution in [-0.2, 0) is 19.3 Å². The maximum absolute atomic E-state index is 4.14. The number of nitrogens with zero attached hydrogens (tertiary/aromatic N) is 1. The third-order valence-corrected chi connectivity index (χ3v) is 6.14. The number of pyridine rings is 1. The Labute approximate surface area is 177 Å². The fourth-order valence-corrected chi connectivity index (χ4v) is 4.44. The summed E-state index contributed by atoms with van der Waals surface area (Å²) in [6, 6.07) is 13.3. The zero-order chi connectivity index (χ0) is 20.5. The smallest absolute Gasteiger partial charge is 0.0270 e. The van der Waals surface area contributed by atoms with Gasteiger partial charge in [0.2, 0.25) is 0 Å². The Morgan fingerprint density at radius 1 is 1.10 bits per heavy atom. The molecule has 2 atom stereocenters. The molecule has 0 bridgehead atoms. The topological polar surface area (TPSA) is 12.9 Å². The molecule has 0 radical (unpaired) electrons. The normalized spacial score (nSPS) is 20.5. The summed E-state index contributed by atoms with van der Waals surface area (Å²) in [5, 5.41) is 0.